The van der Waals surface area contributed by atoms with Crippen LogP contribution in [0.1, 0.15) is 30.5 Å². The summed E-state index contributed by atoms with van der Waals surface area (Å²) in [6.45, 7) is 4.09. The van der Waals surface area contributed by atoms with Crippen LogP contribution < -0.4 is 5.56 Å². The number of nitrogens with one attached hydrogen (secondary N) is 1. The van der Waals surface area contributed by atoms with E-state index in [0.29, 0.717) is 15.9 Å². The molecule has 0 aromatic carbocycles. The van der Waals surface area contributed by atoms with E-state index in [1.807, 2.05) is 13.8 Å². The number of hydrogen-bond acceptors (Lipinski definition) is 7. The van der Waals surface area contributed by atoms with Gasteiger partial charge in [-0.25, -0.2) is 9.97 Å². The molecule has 0 atom stereocenters. The van der Waals surface area contributed by atoms with Gasteiger partial charge in [0.25, 0.3) is 5.56 Å². The SMILES string of the molecule is CC(C)c1nn2c(=O)cc(CSc3ncn[nH]3)nc2s1. The van der Waals surface area contributed by atoms with Gasteiger partial charge in [0.1, 0.15) is 11.3 Å². The lowest BCUT2D eigenvalue weighted by molar-refractivity contribution is 0.782. The van der Waals surface area contributed by atoms with Crippen molar-refractivity contribution in [2.45, 2.75) is 30.7 Å². The minimum absolute atomic E-state index is 0.147. The van der Waals surface area contributed by atoms with E-state index in [2.05, 4.69) is 25.3 Å². The zero-order valence-corrected chi connectivity index (χ0v) is 12.5. The highest BCUT2D eigenvalue weighted by molar-refractivity contribution is 7.98. The minimum Gasteiger partial charge on any atom is -0.267 e. The fourth-order valence-electron chi connectivity index (χ4n) is 1.58. The van der Waals surface area contributed by atoms with Gasteiger partial charge >= 0.3 is 0 Å². The molecule has 0 spiro atoms. The Labute approximate surface area is 122 Å². The highest BCUT2D eigenvalue weighted by Crippen LogP contribution is 2.21. The lowest BCUT2D eigenvalue weighted by Crippen LogP contribution is -2.15. The molecule has 0 bridgehead atoms. The molecule has 3 rings (SSSR count). The van der Waals surface area contributed by atoms with Crippen LogP contribution in [0.5, 0.6) is 0 Å². The average Bonchev–Trinajstić information content (AvgIpc) is 3.05. The molecule has 0 aliphatic carbocycles. The number of rotatable bonds is 4. The molecule has 0 aliphatic heterocycles. The van der Waals surface area contributed by atoms with E-state index in [4.69, 9.17) is 0 Å². The van der Waals surface area contributed by atoms with Crippen molar-refractivity contribution < 1.29 is 0 Å². The van der Waals surface area contributed by atoms with Crippen molar-refractivity contribution >= 4 is 28.1 Å². The first-order valence-electron chi connectivity index (χ1n) is 6.01. The third kappa shape index (κ3) is 2.59. The van der Waals surface area contributed by atoms with E-state index in [-0.39, 0.29) is 11.5 Å². The summed E-state index contributed by atoms with van der Waals surface area (Å²) in [5.74, 6) is 0.851. The lowest BCUT2D eigenvalue weighted by atomic mass is 10.2. The first-order valence-corrected chi connectivity index (χ1v) is 7.81. The second-order valence-electron chi connectivity index (χ2n) is 4.45. The zero-order chi connectivity index (χ0) is 14.1. The fourth-order valence-corrected chi connectivity index (χ4v) is 3.18. The van der Waals surface area contributed by atoms with Gasteiger partial charge in [-0.3, -0.25) is 9.89 Å². The summed E-state index contributed by atoms with van der Waals surface area (Å²) in [6, 6.07) is 1.51. The van der Waals surface area contributed by atoms with Crippen LogP contribution in [0.4, 0.5) is 0 Å². The molecular weight excluding hydrogens is 296 g/mol. The number of aromatic amines is 1. The molecule has 7 nitrogen and oxygen atoms in total. The molecule has 3 aromatic heterocycles. The Kier molecular flexibility index (Phi) is 3.53. The van der Waals surface area contributed by atoms with Crippen molar-refractivity contribution in [1.29, 1.82) is 0 Å². The maximum atomic E-state index is 12.0. The van der Waals surface area contributed by atoms with Crippen molar-refractivity contribution in [3.8, 4) is 0 Å². The molecule has 0 unspecified atom stereocenters. The number of aromatic nitrogens is 6. The Morgan fingerprint density at radius 2 is 2.35 bits per heavy atom. The van der Waals surface area contributed by atoms with Crippen molar-refractivity contribution in [3.05, 3.63) is 33.4 Å². The summed E-state index contributed by atoms with van der Waals surface area (Å²) in [5.41, 5.74) is 0.571. The van der Waals surface area contributed by atoms with Crippen LogP contribution in [0, 0.1) is 0 Å². The van der Waals surface area contributed by atoms with Crippen LogP contribution in [0.15, 0.2) is 22.3 Å². The minimum atomic E-state index is -0.147. The van der Waals surface area contributed by atoms with E-state index < -0.39 is 0 Å². The highest BCUT2D eigenvalue weighted by Gasteiger charge is 2.11. The third-order valence-corrected chi connectivity index (χ3v) is 4.68. The topological polar surface area (TPSA) is 88.8 Å². The van der Waals surface area contributed by atoms with Gasteiger partial charge in [0.05, 0.1) is 5.69 Å². The maximum absolute atomic E-state index is 12.0. The van der Waals surface area contributed by atoms with Crippen LogP contribution in [-0.2, 0) is 5.75 Å². The largest absolute Gasteiger partial charge is 0.275 e. The standard InChI is InChI=1S/C11H12N6OS2/c1-6(2)9-16-17-8(18)3-7(14-11(17)20-9)4-19-10-12-5-13-15-10/h3,5-6H,4H2,1-2H3,(H,12,13,15). The fraction of sp³-hybridized carbons (Fsp3) is 0.364. The predicted octanol–water partition coefficient (Wildman–Crippen LogP) is 1.68. The average molecular weight is 308 g/mol. The first-order chi connectivity index (χ1) is 9.63. The molecule has 0 amide bonds. The molecule has 0 aliphatic rings. The van der Waals surface area contributed by atoms with E-state index in [0.717, 1.165) is 10.7 Å². The van der Waals surface area contributed by atoms with E-state index >= 15 is 0 Å². The smallest absolute Gasteiger partial charge is 0.267 e. The molecule has 3 heterocycles. The summed E-state index contributed by atoms with van der Waals surface area (Å²) in [5, 5.41) is 12.4. The third-order valence-electron chi connectivity index (χ3n) is 2.56. The van der Waals surface area contributed by atoms with Gasteiger partial charge in [0.2, 0.25) is 4.96 Å². The molecule has 1 N–H and O–H groups in total. The number of H-pyrrole nitrogens is 1. The Hall–Kier alpha value is -1.74. The van der Waals surface area contributed by atoms with Crippen LogP contribution in [0.25, 0.3) is 4.96 Å². The predicted molar refractivity (Wildman–Crippen MR) is 77.2 cm³/mol. The highest BCUT2D eigenvalue weighted by atomic mass is 32.2. The van der Waals surface area contributed by atoms with Gasteiger partial charge < -0.3 is 0 Å². The quantitative estimate of drug-likeness (QED) is 0.738. The first kappa shape index (κ1) is 13.3. The molecule has 3 aromatic rings. The summed E-state index contributed by atoms with van der Waals surface area (Å²) in [4.78, 5) is 21.1. The normalized spacial score (nSPS) is 11.6. The summed E-state index contributed by atoms with van der Waals surface area (Å²) < 4.78 is 1.36. The van der Waals surface area contributed by atoms with Crippen LogP contribution in [-0.4, -0.2) is 29.8 Å². The van der Waals surface area contributed by atoms with Crippen LogP contribution in [0.3, 0.4) is 0 Å². The number of hydrogen-bond donors (Lipinski definition) is 1. The molecular formula is C11H12N6OS2. The van der Waals surface area contributed by atoms with Gasteiger partial charge in [0.15, 0.2) is 5.16 Å². The van der Waals surface area contributed by atoms with Crippen LogP contribution in [0.2, 0.25) is 0 Å². The Balaban J connectivity index is 1.90. The molecule has 0 saturated carbocycles. The summed E-state index contributed by atoms with van der Waals surface area (Å²) in [6.07, 6.45) is 1.45. The van der Waals surface area contributed by atoms with Crippen molar-refractivity contribution in [2.24, 2.45) is 0 Å². The van der Waals surface area contributed by atoms with Gasteiger partial charge in [0, 0.05) is 17.7 Å². The lowest BCUT2D eigenvalue weighted by Gasteiger charge is -1.97. The molecule has 20 heavy (non-hydrogen) atoms. The van der Waals surface area contributed by atoms with Crippen molar-refractivity contribution in [1.82, 2.24) is 29.8 Å². The molecule has 0 radical (unpaired) electrons. The number of fused-ring (bicyclic) bond motifs is 1. The summed E-state index contributed by atoms with van der Waals surface area (Å²) in [7, 11) is 0. The Bertz CT molecular complexity index is 776. The maximum Gasteiger partial charge on any atom is 0.275 e. The molecule has 0 fully saturated rings. The monoisotopic (exact) mass is 308 g/mol. The molecule has 0 saturated heterocycles. The van der Waals surface area contributed by atoms with Gasteiger partial charge in [-0.2, -0.15) is 14.7 Å². The number of thioether (sulfide) groups is 1. The second kappa shape index (κ2) is 5.33. The Morgan fingerprint density at radius 3 is 3.05 bits per heavy atom. The Morgan fingerprint density at radius 1 is 1.50 bits per heavy atom. The molecule has 104 valence electrons. The van der Waals surface area contributed by atoms with E-state index in [1.54, 1.807) is 0 Å². The van der Waals surface area contributed by atoms with E-state index in [9.17, 15) is 4.79 Å². The zero-order valence-electron chi connectivity index (χ0n) is 10.9. The van der Waals surface area contributed by atoms with Crippen molar-refractivity contribution in [3.63, 3.8) is 0 Å². The molecule has 9 heteroatoms. The van der Waals surface area contributed by atoms with Crippen LogP contribution >= 0.6 is 23.1 Å². The van der Waals surface area contributed by atoms with Gasteiger partial charge in [-0.05, 0) is 0 Å². The van der Waals surface area contributed by atoms with Gasteiger partial charge in [-0.15, -0.1) is 0 Å². The van der Waals surface area contributed by atoms with E-state index in [1.165, 1.54) is 40.0 Å². The van der Waals surface area contributed by atoms with Crippen molar-refractivity contribution in [2.75, 3.05) is 0 Å². The van der Waals surface area contributed by atoms with Gasteiger partial charge in [-0.1, -0.05) is 36.9 Å². The number of nitrogens with zero attached hydrogens (tertiary/aromatic N) is 5. The second-order valence-corrected chi connectivity index (χ2v) is 6.41. The summed E-state index contributed by atoms with van der Waals surface area (Å²) >= 11 is 2.91.